The van der Waals surface area contributed by atoms with Crippen LogP contribution < -0.4 is 14.8 Å². The largest absolute Gasteiger partial charge is 0.497 e. The predicted octanol–water partition coefficient (Wildman–Crippen LogP) is 1.52. The van der Waals surface area contributed by atoms with Gasteiger partial charge in [0.25, 0.3) is 0 Å². The Kier molecular flexibility index (Phi) is 4.78. The second kappa shape index (κ2) is 5.89. The lowest BCUT2D eigenvalue weighted by Crippen LogP contribution is -2.35. The number of aliphatic hydroxyl groups is 1. The first kappa shape index (κ1) is 13.8. The quantitative estimate of drug-likeness (QED) is 0.790. The highest BCUT2D eigenvalue weighted by Crippen LogP contribution is 2.29. The Balaban J connectivity index is 3.02. The highest BCUT2D eigenvalue weighted by atomic mass is 16.5. The zero-order valence-corrected chi connectivity index (χ0v) is 10.9. The highest BCUT2D eigenvalue weighted by Gasteiger charge is 2.23. The predicted molar refractivity (Wildman–Crippen MR) is 67.7 cm³/mol. The summed E-state index contributed by atoms with van der Waals surface area (Å²) in [5, 5.41) is 13.5. The lowest BCUT2D eigenvalue weighted by atomic mass is 9.95. The molecule has 0 bridgehead atoms. The third-order valence-corrected chi connectivity index (χ3v) is 2.69. The van der Waals surface area contributed by atoms with Crippen LogP contribution in [0.1, 0.15) is 19.4 Å². The fraction of sp³-hybridized carbons (Fsp3) is 0.538. The minimum absolute atomic E-state index is 0.486. The summed E-state index contributed by atoms with van der Waals surface area (Å²) >= 11 is 0. The van der Waals surface area contributed by atoms with E-state index in [1.165, 1.54) is 0 Å². The number of hydrogen-bond acceptors (Lipinski definition) is 4. The molecule has 0 aromatic heterocycles. The van der Waals surface area contributed by atoms with Crippen LogP contribution in [0.4, 0.5) is 0 Å². The summed E-state index contributed by atoms with van der Waals surface area (Å²) in [6, 6.07) is 5.42. The monoisotopic (exact) mass is 239 g/mol. The van der Waals surface area contributed by atoms with Crippen LogP contribution in [0.3, 0.4) is 0 Å². The molecule has 0 spiro atoms. The van der Waals surface area contributed by atoms with Gasteiger partial charge in [-0.25, -0.2) is 0 Å². The normalized spacial score (nSPS) is 14.2. The van der Waals surface area contributed by atoms with Gasteiger partial charge in [0.2, 0.25) is 0 Å². The molecule has 0 amide bonds. The van der Waals surface area contributed by atoms with Crippen LogP contribution >= 0.6 is 0 Å². The first-order valence-electron chi connectivity index (χ1n) is 5.70. The molecule has 17 heavy (non-hydrogen) atoms. The maximum Gasteiger partial charge on any atom is 0.122 e. The van der Waals surface area contributed by atoms with Crippen molar-refractivity contribution in [2.75, 3.05) is 27.3 Å². The third-order valence-electron chi connectivity index (χ3n) is 2.69. The lowest BCUT2D eigenvalue weighted by molar-refractivity contribution is 0.0571. The average molecular weight is 239 g/mol. The number of benzene rings is 1. The highest BCUT2D eigenvalue weighted by molar-refractivity contribution is 5.40. The van der Waals surface area contributed by atoms with Crippen LogP contribution in [-0.2, 0) is 5.60 Å². The van der Waals surface area contributed by atoms with Gasteiger partial charge in [-0.2, -0.15) is 0 Å². The van der Waals surface area contributed by atoms with E-state index in [1.807, 2.05) is 19.1 Å². The van der Waals surface area contributed by atoms with Gasteiger partial charge in [-0.1, -0.05) is 6.92 Å². The molecule has 1 aromatic rings. The number of rotatable bonds is 6. The summed E-state index contributed by atoms with van der Waals surface area (Å²) < 4.78 is 10.4. The minimum Gasteiger partial charge on any atom is -0.497 e. The van der Waals surface area contributed by atoms with Crippen LogP contribution in [-0.4, -0.2) is 32.4 Å². The Labute approximate surface area is 103 Å². The molecule has 1 atom stereocenters. The van der Waals surface area contributed by atoms with E-state index >= 15 is 0 Å². The molecule has 4 heteroatoms. The molecule has 1 aromatic carbocycles. The fourth-order valence-electron chi connectivity index (χ4n) is 1.59. The van der Waals surface area contributed by atoms with Crippen LogP contribution in [0.2, 0.25) is 0 Å². The van der Waals surface area contributed by atoms with E-state index in [0.29, 0.717) is 18.0 Å². The molecule has 0 heterocycles. The van der Waals surface area contributed by atoms with Crippen molar-refractivity contribution in [2.24, 2.45) is 0 Å². The molecule has 0 aliphatic rings. The van der Waals surface area contributed by atoms with E-state index in [2.05, 4.69) is 5.32 Å². The van der Waals surface area contributed by atoms with Gasteiger partial charge in [0, 0.05) is 12.6 Å². The maximum absolute atomic E-state index is 10.4. The molecular weight excluding hydrogens is 218 g/mol. The van der Waals surface area contributed by atoms with Crippen molar-refractivity contribution in [1.82, 2.24) is 5.32 Å². The molecule has 0 saturated carbocycles. The molecule has 0 aliphatic carbocycles. The van der Waals surface area contributed by atoms with Gasteiger partial charge in [0.05, 0.1) is 19.8 Å². The van der Waals surface area contributed by atoms with E-state index in [1.54, 1.807) is 27.2 Å². The summed E-state index contributed by atoms with van der Waals surface area (Å²) in [4.78, 5) is 0. The second-order valence-electron chi connectivity index (χ2n) is 4.16. The van der Waals surface area contributed by atoms with Crippen molar-refractivity contribution < 1.29 is 14.6 Å². The number of ether oxygens (including phenoxy) is 2. The standard InChI is InChI=1S/C13H21NO3/c1-5-14-9-13(2,15)10-6-11(16-3)8-12(7-10)17-4/h6-8,14-15H,5,9H2,1-4H3. The minimum atomic E-state index is -0.947. The zero-order valence-electron chi connectivity index (χ0n) is 10.9. The summed E-state index contributed by atoms with van der Waals surface area (Å²) in [6.45, 7) is 5.07. The van der Waals surface area contributed by atoms with Crippen LogP contribution in [0.5, 0.6) is 11.5 Å². The smallest absolute Gasteiger partial charge is 0.122 e. The molecule has 0 fully saturated rings. The number of hydrogen-bond donors (Lipinski definition) is 2. The molecule has 0 aliphatic heterocycles. The molecule has 96 valence electrons. The average Bonchev–Trinajstić information content (AvgIpc) is 2.35. The van der Waals surface area contributed by atoms with E-state index in [0.717, 1.165) is 12.1 Å². The first-order chi connectivity index (χ1) is 8.03. The van der Waals surface area contributed by atoms with E-state index in [4.69, 9.17) is 9.47 Å². The Morgan fingerprint density at radius 1 is 1.18 bits per heavy atom. The van der Waals surface area contributed by atoms with Crippen molar-refractivity contribution in [2.45, 2.75) is 19.4 Å². The topological polar surface area (TPSA) is 50.7 Å². The van der Waals surface area contributed by atoms with Gasteiger partial charge < -0.3 is 19.9 Å². The van der Waals surface area contributed by atoms with Crippen molar-refractivity contribution in [3.05, 3.63) is 23.8 Å². The number of methoxy groups -OCH3 is 2. The molecule has 2 N–H and O–H groups in total. The van der Waals surface area contributed by atoms with E-state index in [-0.39, 0.29) is 0 Å². The molecule has 0 saturated heterocycles. The third kappa shape index (κ3) is 3.61. The summed E-state index contributed by atoms with van der Waals surface area (Å²) in [7, 11) is 3.19. The van der Waals surface area contributed by atoms with Crippen molar-refractivity contribution >= 4 is 0 Å². The van der Waals surface area contributed by atoms with Crippen LogP contribution in [0, 0.1) is 0 Å². The summed E-state index contributed by atoms with van der Waals surface area (Å²) in [6.07, 6.45) is 0. The van der Waals surface area contributed by atoms with Crippen LogP contribution in [0.15, 0.2) is 18.2 Å². The second-order valence-corrected chi connectivity index (χ2v) is 4.16. The fourth-order valence-corrected chi connectivity index (χ4v) is 1.59. The molecule has 0 radical (unpaired) electrons. The van der Waals surface area contributed by atoms with Gasteiger partial charge >= 0.3 is 0 Å². The van der Waals surface area contributed by atoms with Gasteiger partial charge in [-0.3, -0.25) is 0 Å². The number of nitrogens with one attached hydrogen (secondary N) is 1. The SMILES string of the molecule is CCNCC(C)(O)c1cc(OC)cc(OC)c1. The van der Waals surface area contributed by atoms with Gasteiger partial charge in [0.15, 0.2) is 0 Å². The van der Waals surface area contributed by atoms with Gasteiger partial charge in [-0.15, -0.1) is 0 Å². The first-order valence-corrected chi connectivity index (χ1v) is 5.70. The van der Waals surface area contributed by atoms with E-state index in [9.17, 15) is 5.11 Å². The Morgan fingerprint density at radius 3 is 2.12 bits per heavy atom. The Hall–Kier alpha value is -1.26. The molecule has 4 nitrogen and oxygen atoms in total. The Morgan fingerprint density at radius 2 is 1.71 bits per heavy atom. The van der Waals surface area contributed by atoms with Crippen molar-refractivity contribution in [1.29, 1.82) is 0 Å². The van der Waals surface area contributed by atoms with Gasteiger partial charge in [0.1, 0.15) is 11.5 Å². The van der Waals surface area contributed by atoms with Crippen LogP contribution in [0.25, 0.3) is 0 Å². The molecule has 1 unspecified atom stereocenters. The Bertz CT molecular complexity index is 341. The molecular formula is C13H21NO3. The van der Waals surface area contributed by atoms with E-state index < -0.39 is 5.60 Å². The van der Waals surface area contributed by atoms with Gasteiger partial charge in [-0.05, 0) is 31.2 Å². The summed E-state index contributed by atoms with van der Waals surface area (Å²) in [5.74, 6) is 1.35. The van der Waals surface area contributed by atoms with Crippen molar-refractivity contribution in [3.63, 3.8) is 0 Å². The summed E-state index contributed by atoms with van der Waals surface area (Å²) in [5.41, 5.74) is -0.174. The number of likely N-dealkylation sites (N-methyl/N-ethyl adjacent to an activating group) is 1. The maximum atomic E-state index is 10.4. The lowest BCUT2D eigenvalue weighted by Gasteiger charge is -2.25. The van der Waals surface area contributed by atoms with Crippen molar-refractivity contribution in [3.8, 4) is 11.5 Å². The zero-order chi connectivity index (χ0) is 12.9. The molecule has 1 rings (SSSR count).